The molecule has 0 amide bonds. The molecule has 7 heteroatoms. The Kier molecular flexibility index (Phi) is 16.5. The molecule has 323 valence electrons. The van der Waals surface area contributed by atoms with Crippen molar-refractivity contribution in [1.82, 2.24) is 4.98 Å². The Hall–Kier alpha value is -4.84. The number of ketones is 1. The minimum atomic E-state index is -4.67. The van der Waals surface area contributed by atoms with Crippen LogP contribution in [0.25, 0.3) is 55.4 Å². The van der Waals surface area contributed by atoms with Crippen LogP contribution in [0.15, 0.2) is 127 Å². The average molecular weight is 1000 g/mol. The van der Waals surface area contributed by atoms with Crippen LogP contribution in [-0.4, -0.2) is 15.9 Å². The number of carbonyl (C=O) groups excluding carboxylic acids is 1. The molecule has 1 N–H and O–H groups in total. The van der Waals surface area contributed by atoms with Crippen LogP contribution < -0.4 is 0 Å². The predicted octanol–water partition coefficient (Wildman–Crippen LogP) is 16.0. The van der Waals surface area contributed by atoms with Crippen LogP contribution in [0.4, 0.5) is 13.2 Å². The number of hydrogen-bond donors (Lipinski definition) is 1. The first-order chi connectivity index (χ1) is 28.8. The molecule has 0 saturated carbocycles. The first-order valence-electron chi connectivity index (χ1n) is 21.6. The van der Waals surface area contributed by atoms with E-state index in [1.807, 2.05) is 125 Å². The minimum Gasteiger partial charge on any atom is -0.512 e. The van der Waals surface area contributed by atoms with Crippen LogP contribution in [0.2, 0.25) is 0 Å². The molecule has 0 aliphatic heterocycles. The summed E-state index contributed by atoms with van der Waals surface area (Å²) in [6, 6.07) is 37.6. The van der Waals surface area contributed by atoms with Crippen LogP contribution in [0, 0.1) is 17.9 Å². The number of halogens is 3. The van der Waals surface area contributed by atoms with Crippen LogP contribution in [-0.2, 0) is 36.5 Å². The van der Waals surface area contributed by atoms with E-state index in [1.165, 1.54) is 6.08 Å². The van der Waals surface area contributed by atoms with E-state index < -0.39 is 17.6 Å². The summed E-state index contributed by atoms with van der Waals surface area (Å²) in [6.07, 6.45) is 1.19. The normalized spacial score (nSPS) is 12.5. The molecule has 3 nitrogen and oxygen atoms in total. The van der Waals surface area contributed by atoms with Crippen LogP contribution in [0.3, 0.4) is 0 Å². The average Bonchev–Trinajstić information content (AvgIpc) is 3.23. The largest absolute Gasteiger partial charge is 0.512 e. The Morgan fingerprint density at radius 3 is 1.72 bits per heavy atom. The van der Waals surface area contributed by atoms with Crippen molar-refractivity contribution in [3.05, 3.63) is 150 Å². The summed E-state index contributed by atoms with van der Waals surface area (Å²) in [5.41, 5.74) is 5.01. The van der Waals surface area contributed by atoms with Crippen molar-refractivity contribution in [2.75, 3.05) is 0 Å². The molecule has 1 radical (unpaired) electrons. The maximum atomic E-state index is 15.0. The fourth-order valence-corrected chi connectivity index (χ4v) is 7.72. The van der Waals surface area contributed by atoms with E-state index in [0.29, 0.717) is 33.5 Å². The molecule has 1 aromatic heterocycles. The number of aromatic nitrogens is 1. The Bertz CT molecular complexity index is 2400. The number of pyridine rings is 1. The molecule has 0 saturated heterocycles. The molecule has 5 aromatic carbocycles. The van der Waals surface area contributed by atoms with Crippen molar-refractivity contribution in [2.24, 2.45) is 11.8 Å². The topological polar surface area (TPSA) is 50.2 Å². The Balaban J connectivity index is 0.000000453. The summed E-state index contributed by atoms with van der Waals surface area (Å²) in [6.45, 7) is 18.0. The zero-order valence-electron chi connectivity index (χ0n) is 37.8. The number of allylic oxidation sites excluding steroid dienone is 2. The number of nitrogens with zero attached hydrogens (tertiary/aromatic N) is 1. The summed E-state index contributed by atoms with van der Waals surface area (Å²) in [5, 5.41) is 11.7. The fourth-order valence-electron chi connectivity index (χ4n) is 7.72. The number of hydrogen-bond acceptors (Lipinski definition) is 3. The molecule has 0 atom stereocenters. The van der Waals surface area contributed by atoms with Gasteiger partial charge < -0.3 is 5.11 Å². The van der Waals surface area contributed by atoms with E-state index in [2.05, 4.69) is 37.9 Å². The Morgan fingerprint density at radius 1 is 0.738 bits per heavy atom. The third kappa shape index (κ3) is 11.8. The fraction of sp³-hybridized carbons (Fsp3) is 0.333. The quantitative estimate of drug-likeness (QED) is 0.0755. The Morgan fingerprint density at radius 2 is 1.25 bits per heavy atom. The van der Waals surface area contributed by atoms with Gasteiger partial charge in [-0.3, -0.25) is 9.78 Å². The molecule has 0 fully saturated rings. The van der Waals surface area contributed by atoms with Gasteiger partial charge in [0, 0.05) is 51.3 Å². The van der Waals surface area contributed by atoms with Crippen LogP contribution >= 0.6 is 0 Å². The predicted molar refractivity (Wildman–Crippen MR) is 244 cm³/mol. The molecule has 61 heavy (non-hydrogen) atoms. The van der Waals surface area contributed by atoms with Gasteiger partial charge in [-0.15, -0.1) is 29.1 Å². The van der Waals surface area contributed by atoms with E-state index in [-0.39, 0.29) is 54.5 Å². The second-order valence-electron chi connectivity index (χ2n) is 16.7. The number of rotatable bonds is 12. The maximum absolute atomic E-state index is 15.0. The minimum absolute atomic E-state index is 0. The van der Waals surface area contributed by atoms with Gasteiger partial charge in [0.15, 0.2) is 5.78 Å². The molecule has 0 spiro atoms. The first-order valence-corrected chi connectivity index (χ1v) is 21.1. The number of fused-ring (bicyclic) bond motifs is 1. The van der Waals surface area contributed by atoms with Gasteiger partial charge in [-0.05, 0) is 75.9 Å². The standard InChI is InChI=1S/C41H35F3N.C13H24O2.Ir/c1-26(2)30-21-33(27-14-8-6-9-15-27)39(34(22-30)28-16-10-7-11-17-28)35-24-38(45-25-37(35)41(42,43)44)31-20-29-18-12-13-19-32(29)36(23-31)40(3,4)5;1-5-10(6-2)12(14)9-13(15)11(7-3)8-4;/h6-19,21-26H,1-5H3;9-11,14H,5-8H2,1-4H3;/q-1;;/b;12-9-;/i26D;;. The third-order valence-electron chi connectivity index (χ3n) is 11.3. The van der Waals surface area contributed by atoms with Gasteiger partial charge in [0.1, 0.15) is 0 Å². The summed E-state index contributed by atoms with van der Waals surface area (Å²) in [4.78, 5) is 16.1. The number of alkyl halides is 3. The second-order valence-corrected chi connectivity index (χ2v) is 16.7. The molecule has 0 bridgehead atoms. The number of aliphatic hydroxyl groups excluding tert-OH is 1. The Labute approximate surface area is 376 Å². The van der Waals surface area contributed by atoms with Gasteiger partial charge in [0.25, 0.3) is 0 Å². The van der Waals surface area contributed by atoms with E-state index >= 15 is 0 Å². The molecule has 0 unspecified atom stereocenters. The van der Waals surface area contributed by atoms with E-state index in [0.717, 1.165) is 59.3 Å². The number of benzene rings is 5. The van der Waals surface area contributed by atoms with Crippen molar-refractivity contribution in [1.29, 1.82) is 0 Å². The van der Waals surface area contributed by atoms with Gasteiger partial charge in [0.2, 0.25) is 0 Å². The second kappa shape index (κ2) is 21.3. The smallest absolute Gasteiger partial charge is 0.418 e. The van der Waals surface area contributed by atoms with Crippen LogP contribution in [0.1, 0.15) is 112 Å². The van der Waals surface area contributed by atoms with E-state index in [9.17, 15) is 23.1 Å². The number of aliphatic hydroxyl groups is 1. The number of carbonyl (C=O) groups is 1. The summed E-state index contributed by atoms with van der Waals surface area (Å²) >= 11 is 0. The molecular weight excluding hydrogens is 944 g/mol. The molecule has 6 rings (SSSR count). The molecule has 0 aliphatic carbocycles. The van der Waals surface area contributed by atoms with Gasteiger partial charge in [-0.1, -0.05) is 170 Å². The van der Waals surface area contributed by atoms with Crippen molar-refractivity contribution >= 4 is 16.6 Å². The van der Waals surface area contributed by atoms with Gasteiger partial charge in [-0.25, -0.2) is 0 Å². The summed E-state index contributed by atoms with van der Waals surface area (Å²) in [5.74, 6) is -0.447. The van der Waals surface area contributed by atoms with Crippen LogP contribution in [0.5, 0.6) is 0 Å². The molecule has 1 heterocycles. The third-order valence-corrected chi connectivity index (χ3v) is 11.3. The monoisotopic (exact) mass is 1000 g/mol. The zero-order chi connectivity index (χ0) is 44.7. The molecule has 0 aliphatic rings. The van der Waals surface area contributed by atoms with E-state index in [1.54, 1.807) is 19.9 Å². The first kappa shape index (κ1) is 47.2. The van der Waals surface area contributed by atoms with Crippen molar-refractivity contribution in [2.45, 2.75) is 105 Å². The maximum Gasteiger partial charge on any atom is 0.418 e. The van der Waals surface area contributed by atoms with Gasteiger partial charge in [0.05, 0.1) is 11.3 Å². The van der Waals surface area contributed by atoms with E-state index in [4.69, 9.17) is 1.37 Å². The van der Waals surface area contributed by atoms with Crippen molar-refractivity contribution in [3.8, 4) is 44.6 Å². The van der Waals surface area contributed by atoms with Gasteiger partial charge in [-0.2, -0.15) is 13.2 Å². The van der Waals surface area contributed by atoms with Crippen molar-refractivity contribution < 1.29 is 44.5 Å². The molecule has 6 aromatic rings. The summed E-state index contributed by atoms with van der Waals surface area (Å²) in [7, 11) is 0. The summed E-state index contributed by atoms with van der Waals surface area (Å²) < 4.78 is 53.8. The molecular formula is C54H59F3IrNO2-. The van der Waals surface area contributed by atoms with Crippen molar-refractivity contribution in [3.63, 3.8) is 0 Å². The SMILES string of the molecule is CCC(CC)C(=O)/C=C(\O)C(CC)CC.[2H]C(C)(C)c1cc(-c2ccccc2)c(-c2cc(-c3[c-]c4ccccc4c(C(C)(C)C)c3)ncc2C(F)(F)F)c(-c2ccccc2)c1.[Ir]. The zero-order valence-corrected chi connectivity index (χ0v) is 39.2. The van der Waals surface area contributed by atoms with Gasteiger partial charge >= 0.3 is 6.18 Å².